The van der Waals surface area contributed by atoms with E-state index in [1.165, 1.54) is 11.6 Å². The number of nitrogens with zero attached hydrogens (tertiary/aromatic N) is 3. The molecule has 0 saturated carbocycles. The van der Waals surface area contributed by atoms with Gasteiger partial charge in [-0.2, -0.15) is 5.53 Å². The van der Waals surface area contributed by atoms with Crippen molar-refractivity contribution in [3.05, 3.63) is 89.1 Å². The summed E-state index contributed by atoms with van der Waals surface area (Å²) in [6.45, 7) is 5.11. The van der Waals surface area contributed by atoms with Crippen LogP contribution in [0.4, 0.5) is 0 Å². The number of morpholine rings is 1. The Morgan fingerprint density at radius 2 is 1.76 bits per heavy atom. The van der Waals surface area contributed by atoms with E-state index in [0.29, 0.717) is 13.0 Å². The molecule has 0 atom stereocenters. The summed E-state index contributed by atoms with van der Waals surface area (Å²) < 4.78 is 5.40. The topological polar surface area (TPSA) is 101 Å². The molecule has 0 bridgehead atoms. The Balaban J connectivity index is 1.45. The van der Waals surface area contributed by atoms with E-state index >= 15 is 0 Å². The summed E-state index contributed by atoms with van der Waals surface area (Å²) in [7, 11) is 0. The third-order valence-electron chi connectivity index (χ3n) is 5.44. The van der Waals surface area contributed by atoms with Gasteiger partial charge in [0.25, 0.3) is 5.91 Å². The van der Waals surface area contributed by atoms with Crippen LogP contribution < -0.4 is 5.48 Å². The van der Waals surface area contributed by atoms with Crippen LogP contribution in [0.5, 0.6) is 0 Å². The first kappa shape index (κ1) is 24.3. The molecule has 0 spiro atoms. The van der Waals surface area contributed by atoms with Gasteiger partial charge in [-0.1, -0.05) is 59.8 Å². The molecule has 1 amide bonds. The fourth-order valence-electron chi connectivity index (χ4n) is 3.51. The highest BCUT2D eigenvalue weighted by Crippen LogP contribution is 2.12. The number of carbonyl (C=O) groups excluding carboxylic acids is 1. The number of benzene rings is 2. The van der Waals surface area contributed by atoms with E-state index in [1.807, 2.05) is 36.5 Å². The molecule has 3 rings (SSSR count). The van der Waals surface area contributed by atoms with E-state index in [0.717, 1.165) is 56.0 Å². The Morgan fingerprint density at radius 1 is 1.09 bits per heavy atom. The molecule has 1 aliphatic rings. The minimum absolute atomic E-state index is 0.539. The standard InChI is InChI=1S/C25H31N5O3/c26-28-30(14-12-22-6-4-21(5-7-22)2-1-3-25(31)27-32)15-13-23-8-10-24(11-9-23)20-29-16-18-33-19-17-29/h1,3-11,13,15,26,32H,2,12,14,16-20H2,(H,27,31)/b3-1+,15-13+,28-26?. The summed E-state index contributed by atoms with van der Waals surface area (Å²) in [5.74, 6) is -0.539. The van der Waals surface area contributed by atoms with Crippen LogP contribution in [0.3, 0.4) is 0 Å². The van der Waals surface area contributed by atoms with Gasteiger partial charge in [-0.15, -0.1) is 0 Å². The molecule has 8 heteroatoms. The molecule has 3 N–H and O–H groups in total. The van der Waals surface area contributed by atoms with Crippen LogP contribution >= 0.6 is 0 Å². The van der Waals surface area contributed by atoms with Gasteiger partial charge in [0, 0.05) is 38.5 Å². The lowest BCUT2D eigenvalue weighted by atomic mass is 10.1. The summed E-state index contributed by atoms with van der Waals surface area (Å²) >= 11 is 0. The smallest absolute Gasteiger partial charge is 0.267 e. The molecule has 1 saturated heterocycles. The Labute approximate surface area is 194 Å². The van der Waals surface area contributed by atoms with E-state index in [-0.39, 0.29) is 0 Å². The Hall–Kier alpha value is -3.33. The maximum atomic E-state index is 11.0. The second kappa shape index (κ2) is 13.3. The zero-order valence-electron chi connectivity index (χ0n) is 18.7. The minimum atomic E-state index is -0.539. The van der Waals surface area contributed by atoms with E-state index in [9.17, 15) is 4.79 Å². The first-order valence-electron chi connectivity index (χ1n) is 11.1. The molecule has 33 heavy (non-hydrogen) atoms. The number of hydrogen-bond donors (Lipinski definition) is 3. The first-order valence-corrected chi connectivity index (χ1v) is 11.1. The lowest BCUT2D eigenvalue weighted by Gasteiger charge is -2.26. The number of hydroxylamine groups is 1. The molecule has 0 unspecified atom stereocenters. The van der Waals surface area contributed by atoms with Gasteiger partial charge in [-0.3, -0.25) is 19.9 Å². The fraction of sp³-hybridized carbons (Fsp3) is 0.320. The van der Waals surface area contributed by atoms with Crippen molar-refractivity contribution in [1.29, 1.82) is 5.53 Å². The van der Waals surface area contributed by atoms with E-state index in [2.05, 4.69) is 34.4 Å². The number of hydrogen-bond acceptors (Lipinski definition) is 6. The summed E-state index contributed by atoms with van der Waals surface area (Å²) in [4.78, 5) is 13.4. The van der Waals surface area contributed by atoms with Crippen molar-refractivity contribution < 1.29 is 14.7 Å². The van der Waals surface area contributed by atoms with Gasteiger partial charge >= 0.3 is 0 Å². The number of carbonyl (C=O) groups is 1. The van der Waals surface area contributed by atoms with Gasteiger partial charge in [-0.05, 0) is 41.2 Å². The molecule has 1 heterocycles. The molecular weight excluding hydrogens is 418 g/mol. The van der Waals surface area contributed by atoms with Gasteiger partial charge in [-0.25, -0.2) is 5.48 Å². The molecular formula is C25H31N5O3. The van der Waals surface area contributed by atoms with Gasteiger partial charge in [0.05, 0.1) is 13.2 Å². The summed E-state index contributed by atoms with van der Waals surface area (Å²) in [6.07, 6.45) is 8.15. The molecule has 0 radical (unpaired) electrons. The number of amides is 1. The quantitative estimate of drug-likeness (QED) is 0.211. The van der Waals surface area contributed by atoms with Gasteiger partial charge in [0.15, 0.2) is 0 Å². The second-order valence-corrected chi connectivity index (χ2v) is 7.86. The van der Waals surface area contributed by atoms with Crippen LogP contribution in [0.1, 0.15) is 22.3 Å². The molecule has 2 aromatic carbocycles. The van der Waals surface area contributed by atoms with Crippen LogP contribution in [-0.4, -0.2) is 53.9 Å². The fourth-order valence-corrected chi connectivity index (χ4v) is 3.51. The van der Waals surface area contributed by atoms with E-state index in [4.69, 9.17) is 15.5 Å². The van der Waals surface area contributed by atoms with Crippen LogP contribution in [0.15, 0.2) is 72.1 Å². The largest absolute Gasteiger partial charge is 0.379 e. The van der Waals surface area contributed by atoms with E-state index < -0.39 is 5.91 Å². The Kier molecular flexibility index (Phi) is 9.78. The maximum Gasteiger partial charge on any atom is 0.267 e. The van der Waals surface area contributed by atoms with E-state index in [1.54, 1.807) is 16.6 Å². The third-order valence-corrected chi connectivity index (χ3v) is 5.44. The van der Waals surface area contributed by atoms with Crippen molar-refractivity contribution >= 4 is 12.0 Å². The average molecular weight is 450 g/mol. The predicted octanol–water partition coefficient (Wildman–Crippen LogP) is 3.58. The first-order chi connectivity index (χ1) is 16.2. The lowest BCUT2D eigenvalue weighted by Crippen LogP contribution is -2.35. The van der Waals surface area contributed by atoms with Crippen LogP contribution in [0, 0.1) is 5.53 Å². The molecule has 174 valence electrons. The van der Waals surface area contributed by atoms with Crippen LogP contribution in [0.2, 0.25) is 0 Å². The highest BCUT2D eigenvalue weighted by atomic mass is 16.5. The number of ether oxygens (including phenoxy) is 1. The van der Waals surface area contributed by atoms with Crippen molar-refractivity contribution in [2.75, 3.05) is 32.8 Å². The van der Waals surface area contributed by atoms with Gasteiger partial charge < -0.3 is 4.74 Å². The highest BCUT2D eigenvalue weighted by Gasteiger charge is 2.10. The Bertz CT molecular complexity index is 936. The zero-order valence-corrected chi connectivity index (χ0v) is 18.7. The molecule has 8 nitrogen and oxygen atoms in total. The molecule has 2 aromatic rings. The number of allylic oxidation sites excluding steroid dienone is 1. The number of rotatable bonds is 11. The number of nitrogens with one attached hydrogen (secondary N) is 2. The second-order valence-electron chi connectivity index (χ2n) is 7.86. The highest BCUT2D eigenvalue weighted by molar-refractivity contribution is 5.86. The van der Waals surface area contributed by atoms with Crippen molar-refractivity contribution in [1.82, 2.24) is 15.4 Å². The normalized spacial score (nSPS) is 14.6. The van der Waals surface area contributed by atoms with Crippen molar-refractivity contribution in [2.45, 2.75) is 19.4 Å². The molecule has 1 fully saturated rings. The van der Waals surface area contributed by atoms with Crippen molar-refractivity contribution in [3.63, 3.8) is 0 Å². The van der Waals surface area contributed by atoms with Crippen LogP contribution in [-0.2, 0) is 28.9 Å². The van der Waals surface area contributed by atoms with Gasteiger partial charge in [0.2, 0.25) is 0 Å². The van der Waals surface area contributed by atoms with Crippen LogP contribution in [0.25, 0.3) is 6.08 Å². The maximum absolute atomic E-state index is 11.0. The molecule has 1 aliphatic heterocycles. The minimum Gasteiger partial charge on any atom is -0.379 e. The SMILES string of the molecule is N=NN(/C=C/c1ccc(CN2CCOCC2)cc1)CCc1ccc(C/C=C/C(=O)NO)cc1. The van der Waals surface area contributed by atoms with Crippen molar-refractivity contribution in [3.8, 4) is 0 Å². The monoisotopic (exact) mass is 449 g/mol. The van der Waals surface area contributed by atoms with Crippen molar-refractivity contribution in [2.24, 2.45) is 5.22 Å². The lowest BCUT2D eigenvalue weighted by molar-refractivity contribution is -0.124. The average Bonchev–Trinajstić information content (AvgIpc) is 2.86. The summed E-state index contributed by atoms with van der Waals surface area (Å²) in [5.41, 5.74) is 13.6. The predicted molar refractivity (Wildman–Crippen MR) is 126 cm³/mol. The molecule has 0 aromatic heterocycles. The zero-order chi connectivity index (χ0) is 23.3. The summed E-state index contributed by atoms with van der Waals surface area (Å²) in [5, 5.41) is 13.7. The van der Waals surface area contributed by atoms with Gasteiger partial charge in [0.1, 0.15) is 0 Å². The summed E-state index contributed by atoms with van der Waals surface area (Å²) in [6, 6.07) is 16.6. The third kappa shape index (κ3) is 8.61. The molecule has 0 aliphatic carbocycles. The Morgan fingerprint density at radius 3 is 2.42 bits per heavy atom.